The summed E-state index contributed by atoms with van der Waals surface area (Å²) in [5, 5.41) is 6.27. The lowest BCUT2D eigenvalue weighted by Crippen LogP contribution is -2.21. The van der Waals surface area contributed by atoms with Gasteiger partial charge in [-0.3, -0.25) is 4.79 Å². The molecule has 0 unspecified atom stereocenters. The number of nitrogens with zero attached hydrogens (tertiary/aromatic N) is 2. The molecule has 24 heavy (non-hydrogen) atoms. The summed E-state index contributed by atoms with van der Waals surface area (Å²) < 4.78 is 6.27. The van der Waals surface area contributed by atoms with E-state index in [1.165, 1.54) is 5.01 Å². The van der Waals surface area contributed by atoms with Gasteiger partial charge in [0.2, 0.25) is 0 Å². The van der Waals surface area contributed by atoms with E-state index in [0.717, 1.165) is 10.0 Å². The number of amides is 1. The maximum absolute atomic E-state index is 12.8. The van der Waals surface area contributed by atoms with Gasteiger partial charge in [0.15, 0.2) is 0 Å². The second-order valence-electron chi connectivity index (χ2n) is 5.23. The largest absolute Gasteiger partial charge is 0.496 e. The van der Waals surface area contributed by atoms with Crippen molar-refractivity contribution in [2.24, 2.45) is 5.10 Å². The number of carbonyl (C=O) groups is 1. The molecule has 0 bridgehead atoms. The number of ether oxygens (including phenoxy) is 1. The quantitative estimate of drug-likeness (QED) is 0.680. The zero-order valence-corrected chi connectivity index (χ0v) is 15.4. The van der Waals surface area contributed by atoms with Crippen LogP contribution < -0.4 is 9.75 Å². The van der Waals surface area contributed by atoms with Gasteiger partial charge in [0, 0.05) is 15.1 Å². The van der Waals surface area contributed by atoms with Crippen molar-refractivity contribution < 1.29 is 9.53 Å². The van der Waals surface area contributed by atoms with Gasteiger partial charge < -0.3 is 4.74 Å². The van der Waals surface area contributed by atoms with Crippen LogP contribution in [0.2, 0.25) is 5.02 Å². The molecular formula is C18H14BrClN2O2. The van der Waals surface area contributed by atoms with Crippen molar-refractivity contribution in [1.82, 2.24) is 0 Å². The van der Waals surface area contributed by atoms with E-state index in [0.29, 0.717) is 27.7 Å². The van der Waals surface area contributed by atoms with Crippen LogP contribution in [0.15, 0.2) is 57.6 Å². The highest BCUT2D eigenvalue weighted by molar-refractivity contribution is 9.10. The minimum Gasteiger partial charge on any atom is -0.496 e. The number of hydrogen-bond donors (Lipinski definition) is 0. The fraction of sp³-hybridized carbons (Fsp3) is 0.111. The Morgan fingerprint density at radius 3 is 2.75 bits per heavy atom. The Balaban J connectivity index is 2.01. The van der Waals surface area contributed by atoms with E-state index in [4.69, 9.17) is 16.3 Å². The number of benzene rings is 2. The average molecular weight is 406 g/mol. The topological polar surface area (TPSA) is 41.9 Å². The van der Waals surface area contributed by atoms with E-state index in [2.05, 4.69) is 21.0 Å². The highest BCUT2D eigenvalue weighted by Crippen LogP contribution is 2.30. The fourth-order valence-corrected chi connectivity index (χ4v) is 3.00. The van der Waals surface area contributed by atoms with Crippen molar-refractivity contribution in [3.63, 3.8) is 0 Å². The van der Waals surface area contributed by atoms with Crippen molar-refractivity contribution in [3.05, 3.63) is 63.1 Å². The second kappa shape index (κ2) is 6.79. The Labute approximate surface area is 153 Å². The molecule has 0 atom stereocenters. The van der Waals surface area contributed by atoms with Crippen molar-refractivity contribution >= 4 is 50.9 Å². The first kappa shape index (κ1) is 16.7. The molecule has 0 spiro atoms. The third-order valence-electron chi connectivity index (χ3n) is 3.61. The van der Waals surface area contributed by atoms with Gasteiger partial charge in [-0.1, -0.05) is 33.6 Å². The molecule has 0 saturated carbocycles. The molecule has 0 aromatic heterocycles. The lowest BCUT2D eigenvalue weighted by Gasteiger charge is -2.12. The summed E-state index contributed by atoms with van der Waals surface area (Å²) in [5.41, 5.74) is 2.60. The van der Waals surface area contributed by atoms with Crippen molar-refractivity contribution in [2.45, 2.75) is 6.92 Å². The molecule has 1 heterocycles. The molecular weight excluding hydrogens is 392 g/mol. The number of anilines is 1. The Kier molecular flexibility index (Phi) is 4.73. The number of halogens is 2. The van der Waals surface area contributed by atoms with E-state index in [9.17, 15) is 4.79 Å². The van der Waals surface area contributed by atoms with Crippen LogP contribution in [0.4, 0.5) is 5.69 Å². The van der Waals surface area contributed by atoms with E-state index < -0.39 is 0 Å². The van der Waals surface area contributed by atoms with Crippen LogP contribution in [-0.2, 0) is 4.79 Å². The highest BCUT2D eigenvalue weighted by atomic mass is 79.9. The van der Waals surface area contributed by atoms with Crippen LogP contribution in [0.5, 0.6) is 5.75 Å². The Hall–Kier alpha value is -2.11. The molecule has 6 heteroatoms. The van der Waals surface area contributed by atoms with Gasteiger partial charge >= 0.3 is 0 Å². The van der Waals surface area contributed by atoms with Crippen molar-refractivity contribution in [1.29, 1.82) is 0 Å². The summed E-state index contributed by atoms with van der Waals surface area (Å²) in [6, 6.07) is 12.7. The highest BCUT2D eigenvalue weighted by Gasteiger charge is 2.29. The predicted octanol–water partition coefficient (Wildman–Crippen LogP) is 4.92. The molecule has 1 aliphatic heterocycles. The first-order valence-electron chi connectivity index (χ1n) is 7.20. The standard InChI is InChI=1S/C18H14BrClN2O2/c1-11-16(9-12-8-13(19)6-7-17(12)24-2)18(23)22(21-11)15-5-3-4-14(20)10-15/h3-10H,1-2H3. The third kappa shape index (κ3) is 3.23. The zero-order chi connectivity index (χ0) is 17.3. The van der Waals surface area contributed by atoms with Gasteiger partial charge in [0.1, 0.15) is 5.75 Å². The molecule has 2 aromatic rings. The number of hydrazone groups is 1. The van der Waals surface area contributed by atoms with Crippen LogP contribution in [0.25, 0.3) is 6.08 Å². The third-order valence-corrected chi connectivity index (χ3v) is 4.34. The molecule has 1 aliphatic rings. The molecule has 0 fully saturated rings. The molecule has 2 aromatic carbocycles. The summed E-state index contributed by atoms with van der Waals surface area (Å²) in [4.78, 5) is 12.8. The number of rotatable bonds is 3. The smallest absolute Gasteiger partial charge is 0.280 e. The molecule has 0 N–H and O–H groups in total. The SMILES string of the molecule is COc1ccc(Br)cc1C=C1C(=O)N(c2cccc(Cl)c2)N=C1C. The molecule has 0 saturated heterocycles. The zero-order valence-electron chi connectivity index (χ0n) is 13.1. The van der Waals surface area contributed by atoms with Crippen LogP contribution in [0, 0.1) is 0 Å². The van der Waals surface area contributed by atoms with E-state index in [-0.39, 0.29) is 5.91 Å². The minimum atomic E-state index is -0.197. The maximum atomic E-state index is 12.8. The van der Waals surface area contributed by atoms with Crippen molar-refractivity contribution in [2.75, 3.05) is 12.1 Å². The summed E-state index contributed by atoms with van der Waals surface area (Å²) in [7, 11) is 1.60. The number of carbonyl (C=O) groups excluding carboxylic acids is 1. The van der Waals surface area contributed by atoms with E-state index in [1.807, 2.05) is 18.2 Å². The van der Waals surface area contributed by atoms with Gasteiger partial charge in [-0.15, -0.1) is 0 Å². The number of hydrogen-bond acceptors (Lipinski definition) is 3. The van der Waals surface area contributed by atoms with E-state index in [1.54, 1.807) is 44.4 Å². The summed E-state index contributed by atoms with van der Waals surface area (Å²) in [6.07, 6.45) is 1.79. The van der Waals surface area contributed by atoms with Gasteiger partial charge in [-0.05, 0) is 49.4 Å². The molecule has 0 radical (unpaired) electrons. The minimum absolute atomic E-state index is 0.197. The molecule has 4 nitrogen and oxygen atoms in total. The Morgan fingerprint density at radius 1 is 1.25 bits per heavy atom. The van der Waals surface area contributed by atoms with Crippen molar-refractivity contribution in [3.8, 4) is 5.75 Å². The lowest BCUT2D eigenvalue weighted by molar-refractivity contribution is -0.114. The van der Waals surface area contributed by atoms with Gasteiger partial charge in [-0.25, -0.2) is 0 Å². The Bertz CT molecular complexity index is 877. The number of methoxy groups -OCH3 is 1. The van der Waals surface area contributed by atoms with Gasteiger partial charge in [0.05, 0.1) is 24.1 Å². The monoisotopic (exact) mass is 404 g/mol. The fourth-order valence-electron chi connectivity index (χ4n) is 2.44. The van der Waals surface area contributed by atoms with Gasteiger partial charge in [0.25, 0.3) is 5.91 Å². The summed E-state index contributed by atoms with van der Waals surface area (Å²) in [6.45, 7) is 1.80. The van der Waals surface area contributed by atoms with Crippen LogP contribution in [-0.4, -0.2) is 18.7 Å². The molecule has 3 rings (SSSR count). The molecule has 0 aliphatic carbocycles. The van der Waals surface area contributed by atoms with E-state index >= 15 is 0 Å². The summed E-state index contributed by atoms with van der Waals surface area (Å²) >= 11 is 9.44. The van der Waals surface area contributed by atoms with Gasteiger partial charge in [-0.2, -0.15) is 10.1 Å². The second-order valence-corrected chi connectivity index (χ2v) is 6.58. The van der Waals surface area contributed by atoms with Crippen LogP contribution in [0.1, 0.15) is 12.5 Å². The van der Waals surface area contributed by atoms with Crippen LogP contribution in [0.3, 0.4) is 0 Å². The normalized spacial score (nSPS) is 15.8. The first-order chi connectivity index (χ1) is 11.5. The predicted molar refractivity (Wildman–Crippen MR) is 101 cm³/mol. The Morgan fingerprint density at radius 2 is 2.04 bits per heavy atom. The van der Waals surface area contributed by atoms with Crippen LogP contribution >= 0.6 is 27.5 Å². The summed E-state index contributed by atoms with van der Waals surface area (Å²) in [5.74, 6) is 0.490. The first-order valence-corrected chi connectivity index (χ1v) is 8.37. The average Bonchev–Trinajstić information content (AvgIpc) is 2.83. The lowest BCUT2D eigenvalue weighted by atomic mass is 10.1. The molecule has 122 valence electrons. The molecule has 1 amide bonds. The maximum Gasteiger partial charge on any atom is 0.280 e.